The normalized spacial score (nSPS) is 21.8. The molecule has 0 aliphatic carbocycles. The molecule has 0 aromatic carbocycles. The van der Waals surface area contributed by atoms with Crippen LogP contribution in [0.4, 0.5) is 0 Å². The average Bonchev–Trinajstić information content (AvgIpc) is 2.20. The molecule has 2 nitrogen and oxygen atoms in total. The molecule has 1 saturated heterocycles. The summed E-state index contributed by atoms with van der Waals surface area (Å²) in [5, 5.41) is 0. The van der Waals surface area contributed by atoms with Crippen LogP contribution in [-0.2, 0) is 9.47 Å². The van der Waals surface area contributed by atoms with E-state index in [4.69, 9.17) is 22.3 Å². The minimum absolute atomic E-state index is 0.430. The molecule has 1 aliphatic rings. The molecule has 0 amide bonds. The van der Waals surface area contributed by atoms with Crippen LogP contribution in [0.1, 0.15) is 19.8 Å². The topological polar surface area (TPSA) is 18.5 Å². The van der Waals surface area contributed by atoms with E-state index >= 15 is 0 Å². The number of rotatable bonds is 2. The lowest BCUT2D eigenvalue weighted by molar-refractivity contribution is -0.215. The Morgan fingerprint density at radius 1 is 1.31 bits per heavy atom. The van der Waals surface area contributed by atoms with E-state index in [0.29, 0.717) is 19.1 Å². The molecule has 1 rings (SSSR count). The van der Waals surface area contributed by atoms with Crippen molar-refractivity contribution in [2.24, 2.45) is 5.92 Å². The molecule has 0 spiro atoms. The van der Waals surface area contributed by atoms with Crippen LogP contribution in [0.5, 0.6) is 0 Å². The fourth-order valence-corrected chi connectivity index (χ4v) is 1.34. The molecule has 0 bridgehead atoms. The molecule has 2 heteroatoms. The molecular formula is C11H14O2. The Labute approximate surface area is 79.6 Å². The third kappa shape index (κ3) is 2.25. The number of terminal acetylenes is 2. The van der Waals surface area contributed by atoms with Gasteiger partial charge in [0.05, 0.1) is 13.2 Å². The quantitative estimate of drug-likeness (QED) is 0.595. The molecular weight excluding hydrogens is 164 g/mol. The lowest BCUT2D eigenvalue weighted by Crippen LogP contribution is -2.41. The van der Waals surface area contributed by atoms with Gasteiger partial charge in [-0.15, -0.1) is 12.8 Å². The van der Waals surface area contributed by atoms with E-state index in [1.807, 2.05) is 0 Å². The third-order valence-electron chi connectivity index (χ3n) is 2.12. The first-order valence-corrected chi connectivity index (χ1v) is 4.49. The van der Waals surface area contributed by atoms with Gasteiger partial charge in [-0.05, 0) is 18.3 Å². The monoisotopic (exact) mass is 178 g/mol. The summed E-state index contributed by atoms with van der Waals surface area (Å²) in [6, 6.07) is 0. The van der Waals surface area contributed by atoms with Crippen LogP contribution in [-0.4, -0.2) is 19.0 Å². The van der Waals surface area contributed by atoms with E-state index in [2.05, 4.69) is 18.8 Å². The summed E-state index contributed by atoms with van der Waals surface area (Å²) in [6.45, 7) is 3.33. The van der Waals surface area contributed by atoms with Crippen LogP contribution in [0.2, 0.25) is 0 Å². The molecule has 0 aromatic rings. The molecule has 1 fully saturated rings. The largest absolute Gasteiger partial charge is 0.329 e. The number of hydrogen-bond acceptors (Lipinski definition) is 2. The third-order valence-corrected chi connectivity index (χ3v) is 2.12. The highest BCUT2D eigenvalue weighted by molar-refractivity contribution is 5.20. The second kappa shape index (κ2) is 4.33. The molecule has 0 N–H and O–H groups in total. The lowest BCUT2D eigenvalue weighted by atomic mass is 10.0. The Bertz CT molecular complexity index is 220. The van der Waals surface area contributed by atoms with E-state index in [1.165, 1.54) is 0 Å². The molecule has 0 unspecified atom stereocenters. The van der Waals surface area contributed by atoms with Gasteiger partial charge in [-0.2, -0.15) is 0 Å². The molecule has 1 aliphatic heterocycles. The van der Waals surface area contributed by atoms with Crippen molar-refractivity contribution >= 4 is 0 Å². The van der Waals surface area contributed by atoms with Crippen molar-refractivity contribution in [1.29, 1.82) is 0 Å². The summed E-state index contributed by atoms with van der Waals surface area (Å²) in [5.41, 5.74) is 0. The zero-order valence-electron chi connectivity index (χ0n) is 7.88. The second-order valence-electron chi connectivity index (χ2n) is 3.18. The summed E-state index contributed by atoms with van der Waals surface area (Å²) in [5.74, 6) is 3.92. The molecule has 1 heterocycles. The van der Waals surface area contributed by atoms with Gasteiger partial charge >= 0.3 is 0 Å². The van der Waals surface area contributed by atoms with E-state index < -0.39 is 5.79 Å². The van der Waals surface area contributed by atoms with Crippen molar-refractivity contribution in [3.8, 4) is 24.7 Å². The Hall–Kier alpha value is -0.960. The highest BCUT2D eigenvalue weighted by atomic mass is 16.7. The fourth-order valence-electron chi connectivity index (χ4n) is 1.34. The molecule has 70 valence electrons. The van der Waals surface area contributed by atoms with Crippen LogP contribution in [0, 0.1) is 30.6 Å². The van der Waals surface area contributed by atoms with Crippen molar-refractivity contribution in [3.63, 3.8) is 0 Å². The van der Waals surface area contributed by atoms with Crippen LogP contribution in [0.25, 0.3) is 0 Å². The van der Waals surface area contributed by atoms with Gasteiger partial charge in [0.1, 0.15) is 0 Å². The molecule has 0 saturated carbocycles. The minimum Gasteiger partial charge on any atom is -0.329 e. The predicted molar refractivity (Wildman–Crippen MR) is 50.7 cm³/mol. The molecule has 0 radical (unpaired) electrons. The van der Waals surface area contributed by atoms with E-state index in [0.717, 1.165) is 12.8 Å². The van der Waals surface area contributed by atoms with Crippen molar-refractivity contribution in [3.05, 3.63) is 0 Å². The maximum absolute atomic E-state index is 5.33. The second-order valence-corrected chi connectivity index (χ2v) is 3.18. The zero-order chi connectivity index (χ0) is 9.73. The summed E-state index contributed by atoms with van der Waals surface area (Å²) in [4.78, 5) is 0. The predicted octanol–water partition coefficient (Wildman–Crippen LogP) is 1.41. The van der Waals surface area contributed by atoms with E-state index in [-0.39, 0.29) is 0 Å². The number of hydrogen-bond donors (Lipinski definition) is 0. The Kier molecular flexibility index (Phi) is 3.37. The maximum atomic E-state index is 5.33. The molecule has 0 aromatic heterocycles. The van der Waals surface area contributed by atoms with Gasteiger partial charge in [-0.3, -0.25) is 0 Å². The standard InChI is InChI=1S/C11H14O2/c1-4-7-10-8-12-11(5-2,6-3)13-9-10/h2-3,10H,4,7-9H2,1H3. The van der Waals surface area contributed by atoms with E-state index in [1.54, 1.807) is 0 Å². The Balaban J connectivity index is 2.48. The highest BCUT2D eigenvalue weighted by Crippen LogP contribution is 2.22. The van der Waals surface area contributed by atoms with Crippen LogP contribution in [0.3, 0.4) is 0 Å². The Morgan fingerprint density at radius 2 is 1.85 bits per heavy atom. The summed E-state index contributed by atoms with van der Waals surface area (Å²) in [7, 11) is 0. The van der Waals surface area contributed by atoms with Crippen LogP contribution < -0.4 is 0 Å². The van der Waals surface area contributed by atoms with Crippen molar-refractivity contribution < 1.29 is 9.47 Å². The highest BCUT2D eigenvalue weighted by Gasteiger charge is 2.33. The first-order valence-electron chi connectivity index (χ1n) is 4.49. The van der Waals surface area contributed by atoms with Gasteiger partial charge in [-0.1, -0.05) is 13.3 Å². The molecule has 13 heavy (non-hydrogen) atoms. The SMILES string of the molecule is C#CC1(C#C)OCC(CCC)CO1. The van der Waals surface area contributed by atoms with Crippen LogP contribution >= 0.6 is 0 Å². The van der Waals surface area contributed by atoms with Gasteiger partial charge in [-0.25, -0.2) is 0 Å². The van der Waals surface area contributed by atoms with Gasteiger partial charge in [0.2, 0.25) is 0 Å². The van der Waals surface area contributed by atoms with Crippen molar-refractivity contribution in [2.75, 3.05) is 13.2 Å². The smallest absolute Gasteiger partial charge is 0.300 e. The first kappa shape index (κ1) is 10.1. The van der Waals surface area contributed by atoms with Crippen molar-refractivity contribution in [2.45, 2.75) is 25.6 Å². The molecule has 0 atom stereocenters. The van der Waals surface area contributed by atoms with Gasteiger partial charge in [0.25, 0.3) is 5.79 Å². The summed E-state index contributed by atoms with van der Waals surface area (Å²) >= 11 is 0. The average molecular weight is 178 g/mol. The van der Waals surface area contributed by atoms with Gasteiger partial charge in [0, 0.05) is 5.92 Å². The summed E-state index contributed by atoms with van der Waals surface area (Å²) in [6.07, 6.45) is 12.7. The number of ether oxygens (including phenoxy) is 2. The van der Waals surface area contributed by atoms with Crippen LogP contribution in [0.15, 0.2) is 0 Å². The fraction of sp³-hybridized carbons (Fsp3) is 0.636. The lowest BCUT2D eigenvalue weighted by Gasteiger charge is -2.32. The van der Waals surface area contributed by atoms with E-state index in [9.17, 15) is 0 Å². The van der Waals surface area contributed by atoms with Gasteiger partial charge < -0.3 is 9.47 Å². The maximum Gasteiger partial charge on any atom is 0.300 e. The zero-order valence-corrected chi connectivity index (χ0v) is 7.88. The Morgan fingerprint density at radius 3 is 2.23 bits per heavy atom. The van der Waals surface area contributed by atoms with Crippen molar-refractivity contribution in [1.82, 2.24) is 0 Å². The minimum atomic E-state index is -1.20. The summed E-state index contributed by atoms with van der Waals surface area (Å²) < 4.78 is 10.7. The first-order chi connectivity index (χ1) is 6.26. The van der Waals surface area contributed by atoms with Gasteiger partial charge in [0.15, 0.2) is 0 Å².